The highest BCUT2D eigenvalue weighted by atomic mass is 16.5. The second-order valence-corrected chi connectivity index (χ2v) is 11.8. The van der Waals surface area contributed by atoms with Crippen LogP contribution in [0.15, 0.2) is 5.10 Å². The third kappa shape index (κ3) is 4.07. The van der Waals surface area contributed by atoms with Crippen molar-refractivity contribution in [3.63, 3.8) is 0 Å². The van der Waals surface area contributed by atoms with E-state index in [2.05, 4.69) is 31.3 Å². The maximum absolute atomic E-state index is 11.7. The van der Waals surface area contributed by atoms with Crippen LogP contribution in [0.2, 0.25) is 0 Å². The van der Waals surface area contributed by atoms with Gasteiger partial charge in [0.25, 0.3) is 0 Å². The van der Waals surface area contributed by atoms with Gasteiger partial charge < -0.3 is 10.5 Å². The van der Waals surface area contributed by atoms with Crippen molar-refractivity contribution in [3.8, 4) is 0 Å². The molecule has 4 aliphatic rings. The average molecular weight is 446 g/mol. The number of esters is 1. The number of nitrogens with zero attached hydrogens (tertiary/aromatic N) is 1. The number of hydrazone groups is 1. The predicted octanol–water partition coefficient (Wildman–Crippen LogP) is 5.26. The van der Waals surface area contributed by atoms with Crippen LogP contribution in [0.25, 0.3) is 0 Å². The number of hydrogen-bond acceptors (Lipinski definition) is 4. The van der Waals surface area contributed by atoms with E-state index in [1.165, 1.54) is 52.1 Å². The van der Waals surface area contributed by atoms with Crippen LogP contribution in [-0.2, 0) is 9.53 Å². The fourth-order valence-corrected chi connectivity index (χ4v) is 8.92. The van der Waals surface area contributed by atoms with Gasteiger partial charge in [0.1, 0.15) is 0 Å². The molecule has 32 heavy (non-hydrogen) atoms. The highest BCUT2D eigenvalue weighted by Gasteiger charge is 2.60. The fraction of sp³-hybridized carbons (Fsp3) is 0.885. The molecule has 0 unspecified atom stereocenters. The number of amides is 2. The molecule has 0 aliphatic heterocycles. The Balaban J connectivity index is 1.45. The summed E-state index contributed by atoms with van der Waals surface area (Å²) in [7, 11) is 1.49. The van der Waals surface area contributed by atoms with Crippen LogP contribution in [0.4, 0.5) is 4.79 Å². The predicted molar refractivity (Wildman–Crippen MR) is 126 cm³/mol. The van der Waals surface area contributed by atoms with Crippen molar-refractivity contribution in [1.29, 1.82) is 0 Å². The van der Waals surface area contributed by atoms with Gasteiger partial charge in [0, 0.05) is 12.1 Å². The number of hydrogen-bond donors (Lipinski definition) is 2. The minimum absolute atomic E-state index is 0.0715. The molecule has 4 aliphatic carbocycles. The first-order valence-corrected chi connectivity index (χ1v) is 12.9. The smallest absolute Gasteiger partial charge is 0.332 e. The number of ether oxygens (including phenoxy) is 1. The van der Waals surface area contributed by atoms with E-state index in [1.807, 2.05) is 0 Å². The second kappa shape index (κ2) is 8.98. The van der Waals surface area contributed by atoms with Gasteiger partial charge in [-0.2, -0.15) is 5.10 Å². The Morgan fingerprint density at radius 3 is 2.59 bits per heavy atom. The first kappa shape index (κ1) is 23.6. The highest BCUT2D eigenvalue weighted by Crippen LogP contribution is 2.68. The molecule has 6 nitrogen and oxygen atoms in total. The van der Waals surface area contributed by atoms with Crippen molar-refractivity contribution in [3.05, 3.63) is 0 Å². The topological polar surface area (TPSA) is 93.8 Å². The van der Waals surface area contributed by atoms with Crippen molar-refractivity contribution in [2.45, 2.75) is 91.4 Å². The van der Waals surface area contributed by atoms with Crippen LogP contribution in [0.1, 0.15) is 91.4 Å². The van der Waals surface area contributed by atoms with Crippen LogP contribution in [0.5, 0.6) is 0 Å². The first-order valence-electron chi connectivity index (χ1n) is 12.9. The minimum atomic E-state index is -0.572. The molecule has 4 rings (SSSR count). The third-order valence-electron chi connectivity index (χ3n) is 10.6. The van der Waals surface area contributed by atoms with Gasteiger partial charge in [-0.25, -0.2) is 10.2 Å². The SMILES string of the molecule is COC(=O)CC[C@H](C)[C@H]1CC[C@@H]2[C@H]3CC[C@@H]4C/C(=N/NC(N)=O)CC[C@]4(C)[C@@H]3CC[C@@]21C. The van der Waals surface area contributed by atoms with Crippen LogP contribution >= 0.6 is 0 Å². The summed E-state index contributed by atoms with van der Waals surface area (Å²) in [6.07, 6.45) is 12.7. The monoisotopic (exact) mass is 445 g/mol. The lowest BCUT2D eigenvalue weighted by atomic mass is 9.44. The van der Waals surface area contributed by atoms with Gasteiger partial charge >= 0.3 is 12.0 Å². The Bertz CT molecular complexity index is 767. The molecular formula is C26H43N3O3. The Morgan fingerprint density at radius 2 is 1.88 bits per heavy atom. The van der Waals surface area contributed by atoms with Crippen molar-refractivity contribution in [1.82, 2.24) is 5.43 Å². The standard InChI is InChI=1S/C26H43N3O3/c1-16(5-10-23(30)32-4)20-8-9-21-19-7-6-17-15-18(28-29-24(27)31)11-13-25(17,2)22(19)12-14-26(20,21)3/h16-17,19-22H,5-15H2,1-4H3,(H3,27,29,31)/b28-18+/t16-,17+,19+,20+,21+,22+,25-,26+/m0/s1. The Kier molecular flexibility index (Phi) is 6.61. The molecule has 4 fully saturated rings. The Morgan fingerprint density at radius 1 is 1.12 bits per heavy atom. The Labute approximate surface area is 193 Å². The van der Waals surface area contributed by atoms with E-state index in [0.717, 1.165) is 48.6 Å². The van der Waals surface area contributed by atoms with E-state index in [4.69, 9.17) is 10.5 Å². The molecule has 8 atom stereocenters. The average Bonchev–Trinajstić information content (AvgIpc) is 3.12. The van der Waals surface area contributed by atoms with Gasteiger partial charge in [-0.05, 0) is 111 Å². The summed E-state index contributed by atoms with van der Waals surface area (Å²) >= 11 is 0. The van der Waals surface area contributed by atoms with Crippen molar-refractivity contribution in [2.24, 2.45) is 57.2 Å². The first-order chi connectivity index (χ1) is 15.2. The van der Waals surface area contributed by atoms with Crippen molar-refractivity contribution >= 4 is 17.7 Å². The van der Waals surface area contributed by atoms with E-state index in [-0.39, 0.29) is 5.97 Å². The quantitative estimate of drug-likeness (QED) is 0.446. The number of nitrogens with one attached hydrogen (secondary N) is 1. The van der Waals surface area contributed by atoms with Crippen LogP contribution in [0.3, 0.4) is 0 Å². The van der Waals surface area contributed by atoms with Gasteiger partial charge in [-0.15, -0.1) is 0 Å². The zero-order valence-corrected chi connectivity index (χ0v) is 20.5. The largest absolute Gasteiger partial charge is 0.469 e. The summed E-state index contributed by atoms with van der Waals surface area (Å²) < 4.78 is 4.89. The molecule has 0 radical (unpaired) electrons. The van der Waals surface area contributed by atoms with Gasteiger partial charge in [0.05, 0.1) is 7.11 Å². The minimum Gasteiger partial charge on any atom is -0.469 e. The lowest BCUT2D eigenvalue weighted by molar-refractivity contribution is -0.141. The van der Waals surface area contributed by atoms with Crippen molar-refractivity contribution < 1.29 is 14.3 Å². The maximum Gasteiger partial charge on any atom is 0.332 e. The highest BCUT2D eigenvalue weighted by molar-refractivity contribution is 5.87. The van der Waals surface area contributed by atoms with Gasteiger partial charge in [-0.3, -0.25) is 4.79 Å². The molecule has 0 heterocycles. The third-order valence-corrected chi connectivity index (χ3v) is 10.6. The molecule has 0 aromatic rings. The number of primary amides is 1. The van der Waals surface area contributed by atoms with Gasteiger partial charge in [0.15, 0.2) is 0 Å². The lowest BCUT2D eigenvalue weighted by Gasteiger charge is -2.60. The molecule has 0 aromatic carbocycles. The summed E-state index contributed by atoms with van der Waals surface area (Å²) in [5, 5.41) is 4.30. The molecule has 6 heteroatoms. The number of rotatable bonds is 5. The van der Waals surface area contributed by atoms with E-state index in [9.17, 15) is 9.59 Å². The second-order valence-electron chi connectivity index (χ2n) is 11.8. The molecule has 0 aromatic heterocycles. The molecule has 180 valence electrons. The number of carbonyl (C=O) groups excluding carboxylic acids is 2. The number of fused-ring (bicyclic) bond motifs is 5. The van der Waals surface area contributed by atoms with E-state index < -0.39 is 6.03 Å². The summed E-state index contributed by atoms with van der Waals surface area (Å²) in [5.41, 5.74) is 9.59. The number of urea groups is 1. The summed E-state index contributed by atoms with van der Waals surface area (Å²) in [4.78, 5) is 22.7. The van der Waals surface area contributed by atoms with Gasteiger partial charge in [0.2, 0.25) is 0 Å². The number of carbonyl (C=O) groups is 2. The van der Waals surface area contributed by atoms with Crippen LogP contribution in [-0.4, -0.2) is 24.8 Å². The summed E-state index contributed by atoms with van der Waals surface area (Å²) in [6, 6.07) is -0.572. The van der Waals surface area contributed by atoms with E-state index in [1.54, 1.807) is 0 Å². The zero-order valence-electron chi connectivity index (χ0n) is 20.5. The van der Waals surface area contributed by atoms with Crippen LogP contribution < -0.4 is 11.2 Å². The number of methoxy groups -OCH3 is 1. The summed E-state index contributed by atoms with van der Waals surface area (Å²) in [6.45, 7) is 7.50. The van der Waals surface area contributed by atoms with Crippen LogP contribution in [0, 0.1) is 46.3 Å². The fourth-order valence-electron chi connectivity index (χ4n) is 8.92. The van der Waals surface area contributed by atoms with Gasteiger partial charge in [-0.1, -0.05) is 20.8 Å². The molecule has 0 saturated heterocycles. The molecule has 0 bridgehead atoms. The molecule has 3 N–H and O–H groups in total. The molecule has 4 saturated carbocycles. The summed E-state index contributed by atoms with van der Waals surface area (Å²) in [5.74, 6) is 4.40. The normalized spacial score (nSPS) is 43.0. The lowest BCUT2D eigenvalue weighted by Crippen LogP contribution is -2.54. The number of nitrogens with two attached hydrogens (primary N) is 1. The van der Waals surface area contributed by atoms with E-state index >= 15 is 0 Å². The molecular weight excluding hydrogens is 402 g/mol. The molecule has 2 amide bonds. The maximum atomic E-state index is 11.7. The van der Waals surface area contributed by atoms with E-state index in [0.29, 0.717) is 29.1 Å². The Hall–Kier alpha value is -1.59. The van der Waals surface area contributed by atoms with Crippen molar-refractivity contribution in [2.75, 3.05) is 7.11 Å². The zero-order chi connectivity index (χ0) is 23.1. The molecule has 0 spiro atoms.